The molecule has 66 valence electrons. The summed E-state index contributed by atoms with van der Waals surface area (Å²) in [7, 11) is 0. The van der Waals surface area contributed by atoms with Crippen LogP contribution in [0, 0.1) is 6.92 Å². The molecule has 0 fully saturated rings. The predicted octanol–water partition coefficient (Wildman–Crippen LogP) is 1.17. The average Bonchev–Trinajstić information content (AvgIpc) is 2.36. The number of carbonyl (C=O) groups is 1. The van der Waals surface area contributed by atoms with Crippen molar-refractivity contribution in [3.8, 4) is 0 Å². The molecule has 0 unspecified atom stereocenters. The number of rotatable bonds is 1. The van der Waals surface area contributed by atoms with Crippen LogP contribution in [0.15, 0.2) is 9.93 Å². The number of hydrogen-bond donors (Lipinski definition) is 0. The predicted molar refractivity (Wildman–Crippen MR) is 48.6 cm³/mol. The van der Waals surface area contributed by atoms with Crippen molar-refractivity contribution in [3.63, 3.8) is 0 Å². The zero-order valence-corrected chi connectivity index (χ0v) is 9.39. The Labute approximate surface area is 80.5 Å². The van der Waals surface area contributed by atoms with E-state index in [0.717, 1.165) is 3.54 Å². The van der Waals surface area contributed by atoms with Gasteiger partial charge < -0.3 is 0 Å². The molecule has 1 aromatic heterocycles. The van der Waals surface area contributed by atoms with E-state index < -0.39 is 6.09 Å². The zero-order valence-electron chi connectivity index (χ0n) is 6.86. The summed E-state index contributed by atoms with van der Waals surface area (Å²) in [5, 5.41) is 0. The van der Waals surface area contributed by atoms with Crippen LogP contribution in [-0.4, -0.2) is 27.2 Å². The maximum absolute atomic E-state index is 10.9. The van der Waals surface area contributed by atoms with Crippen LogP contribution >= 0.6 is 11.3 Å². The zero-order chi connectivity index (χ0) is 8.97. The number of ether oxygens (including phenoxy) is 1. The quantitative estimate of drug-likeness (QED) is 0.702. The van der Waals surface area contributed by atoms with Crippen molar-refractivity contribution in [3.05, 3.63) is 13.4 Å². The van der Waals surface area contributed by atoms with Crippen LogP contribution < -0.4 is 3.54 Å². The summed E-state index contributed by atoms with van der Waals surface area (Å²) >= 11 is 1.80. The van der Waals surface area contributed by atoms with Crippen molar-refractivity contribution in [2.75, 3.05) is 6.61 Å². The molecule has 0 saturated carbocycles. The Kier molecular flexibility index (Phi) is 3.72. The number of nitrogens with zero attached hydrogens (tertiary/aromatic N) is 1. The first-order chi connectivity index (χ1) is 5.72. The van der Waals surface area contributed by atoms with Gasteiger partial charge in [-0.25, -0.2) is 0 Å². The van der Waals surface area contributed by atoms with E-state index in [1.54, 1.807) is 18.3 Å². The van der Waals surface area contributed by atoms with E-state index in [9.17, 15) is 4.79 Å². The fourth-order valence-electron chi connectivity index (χ4n) is 0.599. The standard InChI is InChI=1S/C7H9NO2SSe/c1-3-10-6(9)8-7-11-5(2)4-12-7/h4H,3H2,1-2H3. The first kappa shape index (κ1) is 9.71. The molecule has 0 aromatic carbocycles. The van der Waals surface area contributed by atoms with Crippen molar-refractivity contribution in [1.82, 2.24) is 0 Å². The van der Waals surface area contributed by atoms with Crippen molar-refractivity contribution in [2.45, 2.75) is 13.8 Å². The fraction of sp³-hybridized carbons (Fsp3) is 0.429. The molecule has 0 saturated heterocycles. The second-order valence-electron chi connectivity index (χ2n) is 2.03. The van der Waals surface area contributed by atoms with Crippen LogP contribution in [0.1, 0.15) is 11.8 Å². The fourth-order valence-corrected chi connectivity index (χ4v) is 3.85. The molecule has 0 N–H and O–H groups in total. The molecule has 5 heteroatoms. The van der Waals surface area contributed by atoms with Crippen molar-refractivity contribution in [1.29, 1.82) is 0 Å². The maximum atomic E-state index is 10.9. The Morgan fingerprint density at radius 1 is 1.83 bits per heavy atom. The third-order valence-corrected chi connectivity index (χ3v) is 4.70. The van der Waals surface area contributed by atoms with Crippen LogP contribution in [0.4, 0.5) is 4.79 Å². The Morgan fingerprint density at radius 3 is 3.08 bits per heavy atom. The van der Waals surface area contributed by atoms with E-state index >= 15 is 0 Å². The molecule has 0 radical (unpaired) electrons. The van der Waals surface area contributed by atoms with Gasteiger partial charge in [0.05, 0.1) is 0 Å². The Hall–Kier alpha value is -0.381. The Morgan fingerprint density at radius 2 is 2.58 bits per heavy atom. The topological polar surface area (TPSA) is 38.7 Å². The summed E-state index contributed by atoms with van der Waals surface area (Å²) in [6, 6.07) is 0. The van der Waals surface area contributed by atoms with Crippen LogP contribution in [0.5, 0.6) is 0 Å². The summed E-state index contributed by atoms with van der Waals surface area (Å²) in [5.74, 6) is 0. The Bertz CT molecular complexity index is 328. The van der Waals surface area contributed by atoms with Gasteiger partial charge in [-0.3, -0.25) is 0 Å². The second-order valence-corrected chi connectivity index (χ2v) is 5.64. The van der Waals surface area contributed by atoms with Crippen molar-refractivity contribution >= 4 is 31.9 Å². The monoisotopic (exact) mass is 251 g/mol. The molecular formula is C7H9NO2SSe. The van der Waals surface area contributed by atoms with Gasteiger partial charge in [0.25, 0.3) is 0 Å². The molecule has 1 rings (SSSR count). The molecule has 12 heavy (non-hydrogen) atoms. The summed E-state index contributed by atoms with van der Waals surface area (Å²) in [4.78, 5) is 18.0. The van der Waals surface area contributed by atoms with Crippen LogP contribution in [0.2, 0.25) is 0 Å². The number of carbonyl (C=O) groups excluding carboxylic acids is 1. The van der Waals surface area contributed by atoms with Gasteiger partial charge in [0.2, 0.25) is 0 Å². The number of amides is 1. The molecule has 0 bridgehead atoms. The summed E-state index contributed by atoms with van der Waals surface area (Å²) in [5.41, 5.74) is 0. The third-order valence-electron chi connectivity index (χ3n) is 1.02. The molecule has 1 heterocycles. The van der Waals surface area contributed by atoms with Gasteiger partial charge in [-0.1, -0.05) is 0 Å². The first-order valence-corrected chi connectivity index (χ1v) is 6.15. The third kappa shape index (κ3) is 2.93. The van der Waals surface area contributed by atoms with Crippen LogP contribution in [0.3, 0.4) is 0 Å². The van der Waals surface area contributed by atoms with Crippen molar-refractivity contribution < 1.29 is 9.53 Å². The second kappa shape index (κ2) is 4.60. The Balaban J connectivity index is 2.76. The van der Waals surface area contributed by atoms with Gasteiger partial charge in [0.1, 0.15) is 0 Å². The molecule has 3 nitrogen and oxygen atoms in total. The average molecular weight is 250 g/mol. The summed E-state index contributed by atoms with van der Waals surface area (Å²) < 4.78 is 5.57. The SMILES string of the molecule is CCOC(=O)N=c1sc(C)c[se]1. The molecule has 0 aliphatic rings. The van der Waals surface area contributed by atoms with Crippen molar-refractivity contribution in [2.24, 2.45) is 4.99 Å². The van der Waals surface area contributed by atoms with Crippen LogP contribution in [-0.2, 0) is 4.74 Å². The van der Waals surface area contributed by atoms with Crippen LogP contribution in [0.25, 0.3) is 0 Å². The van der Waals surface area contributed by atoms with Gasteiger partial charge in [-0.05, 0) is 0 Å². The molecule has 1 aromatic rings. The molecular weight excluding hydrogens is 241 g/mol. The number of aryl methyl sites for hydroxylation is 1. The van der Waals surface area contributed by atoms with E-state index in [-0.39, 0.29) is 14.5 Å². The van der Waals surface area contributed by atoms with Gasteiger partial charge in [0, 0.05) is 0 Å². The molecule has 0 aliphatic heterocycles. The van der Waals surface area contributed by atoms with E-state index in [1.165, 1.54) is 4.88 Å². The van der Waals surface area contributed by atoms with Gasteiger partial charge in [-0.2, -0.15) is 0 Å². The van der Waals surface area contributed by atoms with Gasteiger partial charge >= 0.3 is 80.3 Å². The van der Waals surface area contributed by atoms with E-state index in [0.29, 0.717) is 6.61 Å². The van der Waals surface area contributed by atoms with E-state index in [2.05, 4.69) is 14.7 Å². The molecule has 0 aliphatic carbocycles. The normalized spacial score (nSPS) is 11.7. The van der Waals surface area contributed by atoms with E-state index in [4.69, 9.17) is 0 Å². The molecule has 0 spiro atoms. The van der Waals surface area contributed by atoms with Gasteiger partial charge in [0.15, 0.2) is 0 Å². The first-order valence-electron chi connectivity index (χ1n) is 3.49. The van der Waals surface area contributed by atoms with Gasteiger partial charge in [-0.15, -0.1) is 0 Å². The minimum atomic E-state index is -0.468. The molecule has 0 atom stereocenters. The molecule has 1 amide bonds. The summed E-state index contributed by atoms with van der Waals surface area (Å²) in [6.07, 6.45) is -0.468. The summed E-state index contributed by atoms with van der Waals surface area (Å²) in [6.45, 7) is 4.17. The van der Waals surface area contributed by atoms with E-state index in [1.807, 2.05) is 6.92 Å². The minimum absolute atomic E-state index is 0.238. The number of hydrogen-bond acceptors (Lipinski definition) is 3.